The van der Waals surface area contributed by atoms with Crippen LogP contribution in [-0.2, 0) is 4.74 Å². The van der Waals surface area contributed by atoms with Crippen LogP contribution in [0.4, 0.5) is 5.95 Å². The molecular weight excluding hydrogens is 270 g/mol. The third-order valence-electron chi connectivity index (χ3n) is 2.34. The summed E-state index contributed by atoms with van der Waals surface area (Å²) in [7, 11) is 1.23. The Kier molecular flexibility index (Phi) is 3.70. The largest absolute Gasteiger partial charge is 0.464 e. The van der Waals surface area contributed by atoms with Crippen molar-refractivity contribution in [3.8, 4) is 5.69 Å². The summed E-state index contributed by atoms with van der Waals surface area (Å²) in [6.07, 6.45) is 0. The van der Waals surface area contributed by atoms with Gasteiger partial charge in [-0.3, -0.25) is 4.57 Å². The van der Waals surface area contributed by atoms with Crippen molar-refractivity contribution in [2.45, 2.75) is 0 Å². The Morgan fingerprint density at radius 1 is 1.47 bits per heavy atom. The molecule has 7 nitrogen and oxygen atoms in total. The molecule has 0 bridgehead atoms. The Morgan fingerprint density at radius 3 is 2.74 bits per heavy atom. The summed E-state index contributed by atoms with van der Waals surface area (Å²) in [4.78, 5) is 18.3. The molecule has 1 heterocycles. The molecule has 0 spiro atoms. The predicted molar refractivity (Wildman–Crippen MR) is 68.7 cm³/mol. The Labute approximate surface area is 113 Å². The van der Waals surface area contributed by atoms with E-state index in [-0.39, 0.29) is 16.8 Å². The van der Waals surface area contributed by atoms with Crippen molar-refractivity contribution in [2.24, 2.45) is 5.11 Å². The van der Waals surface area contributed by atoms with Crippen LogP contribution in [0, 0.1) is 0 Å². The number of benzene rings is 1. The molecule has 19 heavy (non-hydrogen) atoms. The number of imidazole rings is 1. The molecule has 8 heteroatoms. The van der Waals surface area contributed by atoms with Gasteiger partial charge in [0.25, 0.3) is 0 Å². The fourth-order valence-corrected chi connectivity index (χ4v) is 1.82. The first-order valence-corrected chi connectivity index (χ1v) is 5.54. The van der Waals surface area contributed by atoms with Gasteiger partial charge in [-0.15, -0.1) is 0 Å². The van der Waals surface area contributed by atoms with Crippen molar-refractivity contribution in [2.75, 3.05) is 7.11 Å². The van der Waals surface area contributed by atoms with Crippen molar-refractivity contribution in [3.05, 3.63) is 51.6 Å². The smallest absolute Gasteiger partial charge is 0.358 e. The van der Waals surface area contributed by atoms with Gasteiger partial charge in [0.15, 0.2) is 10.8 Å². The number of rotatable bonds is 3. The van der Waals surface area contributed by atoms with E-state index in [0.29, 0.717) is 5.69 Å². The molecule has 2 rings (SSSR count). The molecule has 0 atom stereocenters. The molecule has 2 aromatic rings. The number of aromatic nitrogens is 2. The van der Waals surface area contributed by atoms with E-state index in [0.717, 1.165) is 0 Å². The van der Waals surface area contributed by atoms with Crippen LogP contribution in [0.2, 0.25) is 5.15 Å². The number of carbonyl (C=O) groups is 1. The average Bonchev–Trinajstić information content (AvgIpc) is 2.76. The lowest BCUT2D eigenvalue weighted by molar-refractivity contribution is 0.0592. The van der Waals surface area contributed by atoms with Gasteiger partial charge in [-0.2, -0.15) is 0 Å². The third kappa shape index (κ3) is 2.37. The number of hydrogen-bond acceptors (Lipinski definition) is 4. The molecule has 0 N–H and O–H groups in total. The van der Waals surface area contributed by atoms with E-state index in [1.807, 2.05) is 6.07 Å². The Balaban J connectivity index is 2.74. The minimum absolute atomic E-state index is 0.0118. The summed E-state index contributed by atoms with van der Waals surface area (Å²) in [6, 6.07) is 8.79. The normalized spacial score (nSPS) is 9.79. The minimum Gasteiger partial charge on any atom is -0.464 e. The molecule has 0 aliphatic heterocycles. The van der Waals surface area contributed by atoms with Crippen LogP contribution in [0.25, 0.3) is 16.1 Å². The second-order valence-corrected chi connectivity index (χ2v) is 3.76. The van der Waals surface area contributed by atoms with Gasteiger partial charge in [0, 0.05) is 10.6 Å². The van der Waals surface area contributed by atoms with E-state index < -0.39 is 5.97 Å². The zero-order valence-corrected chi connectivity index (χ0v) is 10.6. The van der Waals surface area contributed by atoms with Gasteiger partial charge in [0.1, 0.15) is 0 Å². The number of ether oxygens (including phenoxy) is 1. The third-order valence-corrected chi connectivity index (χ3v) is 2.61. The van der Waals surface area contributed by atoms with Crippen molar-refractivity contribution in [3.63, 3.8) is 0 Å². The molecular formula is C11H8ClN5O2. The summed E-state index contributed by atoms with van der Waals surface area (Å²) < 4.78 is 5.99. The van der Waals surface area contributed by atoms with Crippen LogP contribution < -0.4 is 0 Å². The van der Waals surface area contributed by atoms with Crippen LogP contribution in [0.1, 0.15) is 10.5 Å². The SMILES string of the molecule is COC(=O)c1c(Cl)nc(N=[N+]=[N-])n1-c1ccccc1. The zero-order valence-electron chi connectivity index (χ0n) is 9.82. The quantitative estimate of drug-likeness (QED) is 0.373. The topological polar surface area (TPSA) is 92.9 Å². The highest BCUT2D eigenvalue weighted by Crippen LogP contribution is 2.27. The maximum absolute atomic E-state index is 11.7. The van der Waals surface area contributed by atoms with Crippen molar-refractivity contribution in [1.29, 1.82) is 0 Å². The van der Waals surface area contributed by atoms with E-state index in [4.69, 9.17) is 17.1 Å². The van der Waals surface area contributed by atoms with Gasteiger partial charge in [-0.05, 0) is 22.8 Å². The van der Waals surface area contributed by atoms with Gasteiger partial charge < -0.3 is 4.74 Å². The molecule has 0 radical (unpaired) electrons. The van der Waals surface area contributed by atoms with E-state index in [1.165, 1.54) is 11.7 Å². The fourth-order valence-electron chi connectivity index (χ4n) is 1.58. The minimum atomic E-state index is -0.666. The predicted octanol–water partition coefficient (Wildman–Crippen LogP) is 3.25. The van der Waals surface area contributed by atoms with Gasteiger partial charge in [0.05, 0.1) is 7.11 Å². The lowest BCUT2D eigenvalue weighted by atomic mass is 10.3. The fraction of sp³-hybridized carbons (Fsp3) is 0.0909. The molecule has 0 amide bonds. The highest BCUT2D eigenvalue weighted by atomic mass is 35.5. The number of halogens is 1. The second-order valence-electron chi connectivity index (χ2n) is 3.40. The Morgan fingerprint density at radius 2 is 2.16 bits per heavy atom. The van der Waals surface area contributed by atoms with Crippen LogP contribution >= 0.6 is 11.6 Å². The first kappa shape index (κ1) is 12.9. The maximum atomic E-state index is 11.7. The molecule has 0 aliphatic carbocycles. The lowest BCUT2D eigenvalue weighted by Gasteiger charge is -2.08. The molecule has 96 valence electrons. The summed E-state index contributed by atoms with van der Waals surface area (Å²) in [5, 5.41) is 3.34. The van der Waals surface area contributed by atoms with Gasteiger partial charge in [0.2, 0.25) is 5.95 Å². The molecule has 0 fully saturated rings. The lowest BCUT2D eigenvalue weighted by Crippen LogP contribution is -2.09. The molecule has 0 unspecified atom stereocenters. The zero-order chi connectivity index (χ0) is 13.8. The number of methoxy groups -OCH3 is 1. The number of carbonyl (C=O) groups excluding carboxylic acids is 1. The molecule has 0 saturated carbocycles. The summed E-state index contributed by atoms with van der Waals surface area (Å²) in [5.74, 6) is -0.695. The van der Waals surface area contributed by atoms with Crippen LogP contribution in [0.15, 0.2) is 35.4 Å². The summed E-state index contributed by atoms with van der Waals surface area (Å²) in [6.45, 7) is 0. The van der Waals surface area contributed by atoms with Crippen LogP contribution in [0.3, 0.4) is 0 Å². The second kappa shape index (κ2) is 5.43. The number of nitrogens with zero attached hydrogens (tertiary/aromatic N) is 5. The Bertz CT molecular complexity index is 661. The molecule has 0 saturated heterocycles. The van der Waals surface area contributed by atoms with Gasteiger partial charge in [-0.25, -0.2) is 9.78 Å². The average molecular weight is 278 g/mol. The first-order valence-electron chi connectivity index (χ1n) is 5.16. The highest BCUT2D eigenvalue weighted by molar-refractivity contribution is 6.32. The molecule has 1 aromatic carbocycles. The van der Waals surface area contributed by atoms with Crippen molar-refractivity contribution < 1.29 is 9.53 Å². The molecule has 0 aliphatic rings. The highest BCUT2D eigenvalue weighted by Gasteiger charge is 2.23. The van der Waals surface area contributed by atoms with E-state index >= 15 is 0 Å². The van der Waals surface area contributed by atoms with E-state index in [2.05, 4.69) is 19.7 Å². The maximum Gasteiger partial charge on any atom is 0.358 e. The number of esters is 1. The van der Waals surface area contributed by atoms with Crippen LogP contribution in [-0.4, -0.2) is 22.6 Å². The van der Waals surface area contributed by atoms with Gasteiger partial charge >= 0.3 is 5.97 Å². The Hall–Kier alpha value is -2.50. The van der Waals surface area contributed by atoms with E-state index in [1.54, 1.807) is 24.3 Å². The summed E-state index contributed by atoms with van der Waals surface area (Å²) in [5.41, 5.74) is 9.13. The monoisotopic (exact) mass is 277 g/mol. The van der Waals surface area contributed by atoms with Crippen molar-refractivity contribution >= 4 is 23.5 Å². The number of hydrogen-bond donors (Lipinski definition) is 0. The standard InChI is InChI=1S/C11H8ClN5O2/c1-19-10(18)8-9(12)14-11(15-16-13)17(8)7-5-3-2-4-6-7/h2-6H,1H3. The van der Waals surface area contributed by atoms with Gasteiger partial charge in [-0.1, -0.05) is 29.8 Å². The molecule has 1 aromatic heterocycles. The number of azide groups is 1. The number of para-hydroxylation sites is 1. The van der Waals surface area contributed by atoms with Crippen molar-refractivity contribution in [1.82, 2.24) is 9.55 Å². The first-order chi connectivity index (χ1) is 9.19. The van der Waals surface area contributed by atoms with E-state index in [9.17, 15) is 4.79 Å². The van der Waals surface area contributed by atoms with Crippen LogP contribution in [0.5, 0.6) is 0 Å². The summed E-state index contributed by atoms with van der Waals surface area (Å²) >= 11 is 5.89.